The van der Waals surface area contributed by atoms with Crippen molar-refractivity contribution < 1.29 is 28.7 Å². The molecular weight excluding hydrogens is 379 g/mol. The lowest BCUT2D eigenvalue weighted by molar-refractivity contribution is -0.141. The van der Waals surface area contributed by atoms with Gasteiger partial charge in [0.25, 0.3) is 11.8 Å². The molecule has 0 radical (unpaired) electrons. The zero-order valence-corrected chi connectivity index (χ0v) is 15.9. The van der Waals surface area contributed by atoms with E-state index in [9.17, 15) is 28.7 Å². The fraction of sp³-hybridized carbons (Fsp3) is 0.238. The third-order valence-corrected chi connectivity index (χ3v) is 4.88. The van der Waals surface area contributed by atoms with Gasteiger partial charge in [0.1, 0.15) is 11.9 Å². The Morgan fingerprint density at radius 3 is 2.24 bits per heavy atom. The van der Waals surface area contributed by atoms with Crippen LogP contribution in [0.3, 0.4) is 0 Å². The molecule has 7 nitrogen and oxygen atoms in total. The SMILES string of the molecule is CC(=O)Nc1cc(F)c(C)c(CCC(C(=O)O)N2C(=O)c3ccccc3C2=O)c1. The number of hydrogen-bond donors (Lipinski definition) is 2. The first-order valence-electron chi connectivity index (χ1n) is 8.97. The minimum atomic E-state index is -1.39. The van der Waals surface area contributed by atoms with Crippen LogP contribution in [0.4, 0.5) is 10.1 Å². The van der Waals surface area contributed by atoms with E-state index in [-0.39, 0.29) is 35.6 Å². The average molecular weight is 398 g/mol. The number of carbonyl (C=O) groups is 4. The summed E-state index contributed by atoms with van der Waals surface area (Å²) < 4.78 is 14.2. The molecule has 0 fully saturated rings. The van der Waals surface area contributed by atoms with Gasteiger partial charge in [0.15, 0.2) is 0 Å². The van der Waals surface area contributed by atoms with Crippen LogP contribution in [0.25, 0.3) is 0 Å². The van der Waals surface area contributed by atoms with Crippen LogP contribution in [-0.2, 0) is 16.0 Å². The van der Waals surface area contributed by atoms with Crippen LogP contribution in [0.15, 0.2) is 36.4 Å². The van der Waals surface area contributed by atoms with Crippen molar-refractivity contribution in [1.29, 1.82) is 0 Å². The van der Waals surface area contributed by atoms with Crippen LogP contribution < -0.4 is 5.32 Å². The number of carboxylic acids is 1. The minimum Gasteiger partial charge on any atom is -0.480 e. The predicted octanol–water partition coefficient (Wildman–Crippen LogP) is 2.77. The van der Waals surface area contributed by atoms with Gasteiger partial charge in [-0.2, -0.15) is 0 Å². The van der Waals surface area contributed by atoms with Gasteiger partial charge in [0.05, 0.1) is 11.1 Å². The molecule has 0 saturated carbocycles. The number of benzene rings is 2. The van der Waals surface area contributed by atoms with Gasteiger partial charge in [-0.25, -0.2) is 9.18 Å². The molecule has 1 unspecified atom stereocenters. The van der Waals surface area contributed by atoms with Crippen LogP contribution in [-0.4, -0.2) is 39.7 Å². The number of imide groups is 1. The summed E-state index contributed by atoms with van der Waals surface area (Å²) in [6, 6.07) is 7.50. The van der Waals surface area contributed by atoms with Gasteiger partial charge < -0.3 is 10.4 Å². The largest absolute Gasteiger partial charge is 0.480 e. The molecule has 3 amide bonds. The van der Waals surface area contributed by atoms with Crippen molar-refractivity contribution in [2.75, 3.05) is 5.32 Å². The molecule has 0 aliphatic carbocycles. The Labute approximate surface area is 166 Å². The van der Waals surface area contributed by atoms with Crippen LogP contribution >= 0.6 is 0 Å². The molecule has 1 heterocycles. The molecule has 150 valence electrons. The summed E-state index contributed by atoms with van der Waals surface area (Å²) in [5, 5.41) is 12.1. The minimum absolute atomic E-state index is 0.0927. The molecule has 2 N–H and O–H groups in total. The topological polar surface area (TPSA) is 104 Å². The summed E-state index contributed by atoms with van der Waals surface area (Å²) in [5.74, 6) is -3.55. The monoisotopic (exact) mass is 398 g/mol. The molecule has 2 aromatic rings. The maximum absolute atomic E-state index is 14.2. The highest BCUT2D eigenvalue weighted by Gasteiger charge is 2.42. The normalized spacial score (nSPS) is 14.0. The maximum Gasteiger partial charge on any atom is 0.326 e. The number of aliphatic carboxylic acids is 1. The average Bonchev–Trinajstić information content (AvgIpc) is 2.90. The molecule has 2 aromatic carbocycles. The zero-order chi connectivity index (χ0) is 21.3. The van der Waals surface area contributed by atoms with Crippen LogP contribution in [0.5, 0.6) is 0 Å². The van der Waals surface area contributed by atoms with E-state index in [0.29, 0.717) is 11.1 Å². The van der Waals surface area contributed by atoms with E-state index in [4.69, 9.17) is 0 Å². The first-order chi connectivity index (χ1) is 13.7. The highest BCUT2D eigenvalue weighted by molar-refractivity contribution is 6.22. The van der Waals surface area contributed by atoms with E-state index in [1.807, 2.05) is 0 Å². The second-order valence-corrected chi connectivity index (χ2v) is 6.84. The number of nitrogens with one attached hydrogen (secondary N) is 1. The highest BCUT2D eigenvalue weighted by Crippen LogP contribution is 2.27. The fourth-order valence-corrected chi connectivity index (χ4v) is 3.42. The molecule has 0 spiro atoms. The Hall–Kier alpha value is -3.55. The number of halogens is 1. The summed E-state index contributed by atoms with van der Waals surface area (Å²) in [5.41, 5.74) is 1.38. The molecule has 29 heavy (non-hydrogen) atoms. The number of fused-ring (bicyclic) bond motifs is 1. The van der Waals surface area contributed by atoms with E-state index >= 15 is 0 Å². The second-order valence-electron chi connectivity index (χ2n) is 6.84. The molecule has 1 atom stereocenters. The number of aryl methyl sites for hydroxylation is 1. The number of carboxylic acid groups (broad SMARTS) is 1. The molecule has 8 heteroatoms. The Balaban J connectivity index is 1.86. The molecule has 1 aliphatic heterocycles. The van der Waals surface area contributed by atoms with Crippen molar-refractivity contribution in [3.8, 4) is 0 Å². The van der Waals surface area contributed by atoms with E-state index in [2.05, 4.69) is 5.32 Å². The first kappa shape index (κ1) is 20.2. The Morgan fingerprint density at radius 1 is 1.14 bits per heavy atom. The lowest BCUT2D eigenvalue weighted by atomic mass is 9.99. The molecule has 0 saturated heterocycles. The number of amides is 3. The molecule has 0 bridgehead atoms. The summed E-state index contributed by atoms with van der Waals surface area (Å²) in [7, 11) is 0. The van der Waals surface area contributed by atoms with Crippen molar-refractivity contribution in [2.45, 2.75) is 32.7 Å². The fourth-order valence-electron chi connectivity index (χ4n) is 3.42. The van der Waals surface area contributed by atoms with Crippen molar-refractivity contribution in [3.63, 3.8) is 0 Å². The van der Waals surface area contributed by atoms with Gasteiger partial charge in [-0.3, -0.25) is 19.3 Å². The first-order valence-corrected chi connectivity index (χ1v) is 8.97. The van der Waals surface area contributed by atoms with Gasteiger partial charge in [-0.1, -0.05) is 12.1 Å². The summed E-state index contributed by atoms with van der Waals surface area (Å²) >= 11 is 0. The van der Waals surface area contributed by atoms with Crippen LogP contribution in [0, 0.1) is 12.7 Å². The zero-order valence-electron chi connectivity index (χ0n) is 15.9. The van der Waals surface area contributed by atoms with Crippen molar-refractivity contribution >= 4 is 29.4 Å². The van der Waals surface area contributed by atoms with E-state index in [0.717, 1.165) is 4.90 Å². The number of rotatable bonds is 6. The van der Waals surface area contributed by atoms with E-state index in [1.165, 1.54) is 25.1 Å². The summed E-state index contributed by atoms with van der Waals surface area (Å²) in [4.78, 5) is 49.0. The molecule has 3 rings (SSSR count). The van der Waals surface area contributed by atoms with E-state index < -0.39 is 29.6 Å². The van der Waals surface area contributed by atoms with Gasteiger partial charge in [-0.15, -0.1) is 0 Å². The Morgan fingerprint density at radius 2 is 1.72 bits per heavy atom. The standard InChI is InChI=1S/C21H19FN2O5/c1-11-13(9-14(10-17(11)22)23-12(2)25)7-8-18(21(28)29)24-19(26)15-5-3-4-6-16(15)20(24)27/h3-6,9-10,18H,7-8H2,1-2H3,(H,23,25)(H,28,29). The van der Waals surface area contributed by atoms with Crippen LogP contribution in [0.1, 0.15) is 45.2 Å². The molecule has 0 aromatic heterocycles. The maximum atomic E-state index is 14.2. The van der Waals surface area contributed by atoms with Crippen molar-refractivity contribution in [1.82, 2.24) is 4.90 Å². The summed E-state index contributed by atoms with van der Waals surface area (Å²) in [6.45, 7) is 2.83. The Bertz CT molecular complexity index is 999. The van der Waals surface area contributed by atoms with Crippen LogP contribution in [0.2, 0.25) is 0 Å². The summed E-state index contributed by atoms with van der Waals surface area (Å²) in [6.07, 6.45) is 0.00512. The molecule has 1 aliphatic rings. The number of carbonyl (C=O) groups excluding carboxylic acids is 3. The Kier molecular flexibility index (Phi) is 5.45. The lowest BCUT2D eigenvalue weighted by Gasteiger charge is -2.23. The van der Waals surface area contributed by atoms with Crippen molar-refractivity contribution in [3.05, 3.63) is 64.5 Å². The molecular formula is C21H19FN2O5. The number of hydrogen-bond acceptors (Lipinski definition) is 4. The highest BCUT2D eigenvalue weighted by atomic mass is 19.1. The van der Waals surface area contributed by atoms with Crippen molar-refractivity contribution in [2.24, 2.45) is 0 Å². The predicted molar refractivity (Wildman–Crippen MR) is 102 cm³/mol. The lowest BCUT2D eigenvalue weighted by Crippen LogP contribution is -2.45. The smallest absolute Gasteiger partial charge is 0.326 e. The third kappa shape index (κ3) is 3.87. The third-order valence-electron chi connectivity index (χ3n) is 4.88. The van der Waals surface area contributed by atoms with Gasteiger partial charge in [-0.05, 0) is 55.2 Å². The van der Waals surface area contributed by atoms with Gasteiger partial charge in [0.2, 0.25) is 5.91 Å². The van der Waals surface area contributed by atoms with Gasteiger partial charge in [0, 0.05) is 12.6 Å². The van der Waals surface area contributed by atoms with E-state index in [1.54, 1.807) is 25.1 Å². The van der Waals surface area contributed by atoms with Gasteiger partial charge >= 0.3 is 5.97 Å². The quantitative estimate of drug-likeness (QED) is 0.729. The second kappa shape index (κ2) is 7.83. The number of nitrogens with zero attached hydrogens (tertiary/aromatic N) is 1. The number of anilines is 1.